The Bertz CT molecular complexity index is 784. The van der Waals surface area contributed by atoms with E-state index < -0.39 is 5.97 Å². The number of aromatic carboxylic acids is 1. The van der Waals surface area contributed by atoms with Gasteiger partial charge in [0.05, 0.1) is 17.9 Å². The summed E-state index contributed by atoms with van der Waals surface area (Å²) in [5.74, 6) is -0.424. The van der Waals surface area contributed by atoms with E-state index in [-0.39, 0.29) is 11.5 Å². The van der Waals surface area contributed by atoms with E-state index in [0.29, 0.717) is 18.0 Å². The Morgan fingerprint density at radius 1 is 0.964 bits per heavy atom. The lowest BCUT2D eigenvalue weighted by molar-refractivity contribution is -0.114. The monoisotopic (exact) mass is 383 g/mol. The second-order valence-electron chi connectivity index (χ2n) is 6.89. The van der Waals surface area contributed by atoms with Crippen molar-refractivity contribution in [2.75, 3.05) is 11.9 Å². The van der Waals surface area contributed by atoms with Crippen LogP contribution in [0.25, 0.3) is 11.1 Å². The van der Waals surface area contributed by atoms with Crippen LogP contribution in [-0.4, -0.2) is 23.6 Å². The molecule has 0 aliphatic carbocycles. The molecule has 0 aliphatic rings. The fourth-order valence-corrected chi connectivity index (χ4v) is 3.02. The predicted molar refractivity (Wildman–Crippen MR) is 112 cm³/mol. The summed E-state index contributed by atoms with van der Waals surface area (Å²) >= 11 is 0. The fraction of sp³-hybridized carbons (Fsp3) is 0.391. The summed E-state index contributed by atoms with van der Waals surface area (Å²) in [4.78, 5) is 22.6. The lowest BCUT2D eigenvalue weighted by Gasteiger charge is -2.14. The smallest absolute Gasteiger partial charge is 0.335 e. The molecule has 28 heavy (non-hydrogen) atoms. The highest BCUT2D eigenvalue weighted by Crippen LogP contribution is 2.32. The first kappa shape index (κ1) is 21.5. The molecule has 2 N–H and O–H groups in total. The van der Waals surface area contributed by atoms with E-state index >= 15 is 0 Å². The first-order valence-corrected chi connectivity index (χ1v) is 9.89. The van der Waals surface area contributed by atoms with Gasteiger partial charge in [0.25, 0.3) is 0 Å². The topological polar surface area (TPSA) is 75.6 Å². The zero-order valence-electron chi connectivity index (χ0n) is 16.7. The minimum atomic E-state index is -0.966. The highest BCUT2D eigenvalue weighted by Gasteiger charge is 2.10. The van der Waals surface area contributed by atoms with Crippen molar-refractivity contribution >= 4 is 17.6 Å². The second-order valence-corrected chi connectivity index (χ2v) is 6.89. The van der Waals surface area contributed by atoms with E-state index in [4.69, 9.17) is 9.84 Å². The molecule has 5 nitrogen and oxygen atoms in total. The van der Waals surface area contributed by atoms with Gasteiger partial charge in [0.15, 0.2) is 0 Å². The molecule has 0 aromatic heterocycles. The molecule has 150 valence electrons. The molecule has 0 heterocycles. The summed E-state index contributed by atoms with van der Waals surface area (Å²) in [6.45, 7) is 4.32. The molecule has 2 aromatic rings. The van der Waals surface area contributed by atoms with Gasteiger partial charge in [-0.15, -0.1) is 0 Å². The van der Waals surface area contributed by atoms with Crippen LogP contribution in [0.4, 0.5) is 5.69 Å². The van der Waals surface area contributed by atoms with Crippen LogP contribution in [0.2, 0.25) is 0 Å². The fourth-order valence-electron chi connectivity index (χ4n) is 3.02. The van der Waals surface area contributed by atoms with Crippen LogP contribution in [0.1, 0.15) is 62.7 Å². The summed E-state index contributed by atoms with van der Waals surface area (Å²) in [5.41, 5.74) is 2.52. The molecule has 0 bridgehead atoms. The summed E-state index contributed by atoms with van der Waals surface area (Å²) in [5, 5.41) is 11.9. The average Bonchev–Trinajstić information content (AvgIpc) is 2.67. The van der Waals surface area contributed by atoms with Gasteiger partial charge in [-0.25, -0.2) is 4.79 Å². The number of anilines is 1. The molecular formula is C23H29NO4. The molecule has 0 spiro atoms. The predicted octanol–water partition coefficient (Wildman–Crippen LogP) is 5.75. The van der Waals surface area contributed by atoms with E-state index in [1.165, 1.54) is 32.6 Å². The molecule has 1 amide bonds. The van der Waals surface area contributed by atoms with Gasteiger partial charge in [0, 0.05) is 18.6 Å². The van der Waals surface area contributed by atoms with Crippen molar-refractivity contribution in [1.29, 1.82) is 0 Å². The maximum Gasteiger partial charge on any atom is 0.335 e. The number of amides is 1. The standard InChI is InChI=1S/C23H29NO4/c1-3-4-5-6-7-8-15-28-20-13-14-21(22(16-20)24-17(2)25)18-9-11-19(12-10-18)23(26)27/h9-14,16H,3-8,15H2,1-2H3,(H,24,25)(H,26,27). The van der Waals surface area contributed by atoms with Crippen molar-refractivity contribution in [2.45, 2.75) is 52.4 Å². The third-order valence-electron chi connectivity index (χ3n) is 4.51. The van der Waals surface area contributed by atoms with Gasteiger partial charge in [-0.05, 0) is 36.2 Å². The number of nitrogens with one attached hydrogen (secondary N) is 1. The molecule has 5 heteroatoms. The molecule has 0 saturated heterocycles. The van der Waals surface area contributed by atoms with Gasteiger partial charge in [-0.2, -0.15) is 0 Å². The van der Waals surface area contributed by atoms with Gasteiger partial charge >= 0.3 is 5.97 Å². The number of carbonyl (C=O) groups is 2. The third-order valence-corrected chi connectivity index (χ3v) is 4.51. The zero-order valence-corrected chi connectivity index (χ0v) is 16.7. The van der Waals surface area contributed by atoms with Gasteiger partial charge in [-0.1, -0.05) is 51.2 Å². The quantitative estimate of drug-likeness (QED) is 0.485. The highest BCUT2D eigenvalue weighted by atomic mass is 16.5. The number of rotatable bonds is 11. The van der Waals surface area contributed by atoms with Crippen LogP contribution in [0, 0.1) is 0 Å². The molecule has 0 saturated carbocycles. The summed E-state index contributed by atoms with van der Waals surface area (Å²) in [7, 11) is 0. The molecule has 2 rings (SSSR count). The minimum Gasteiger partial charge on any atom is -0.494 e. The van der Waals surface area contributed by atoms with Crippen molar-refractivity contribution in [3.63, 3.8) is 0 Å². The largest absolute Gasteiger partial charge is 0.494 e. The Labute approximate surface area is 166 Å². The third kappa shape index (κ3) is 6.72. The van der Waals surface area contributed by atoms with E-state index in [1.807, 2.05) is 18.2 Å². The van der Waals surface area contributed by atoms with E-state index in [9.17, 15) is 9.59 Å². The summed E-state index contributed by atoms with van der Waals surface area (Å²) in [6.07, 6.45) is 7.21. The molecule has 0 radical (unpaired) electrons. The Balaban J connectivity index is 2.06. The molecule has 2 aromatic carbocycles. The van der Waals surface area contributed by atoms with Crippen LogP contribution in [-0.2, 0) is 4.79 Å². The highest BCUT2D eigenvalue weighted by molar-refractivity contribution is 5.95. The van der Waals surface area contributed by atoms with Gasteiger partial charge < -0.3 is 15.2 Å². The number of carbonyl (C=O) groups excluding carboxylic acids is 1. The molecular weight excluding hydrogens is 354 g/mol. The lowest BCUT2D eigenvalue weighted by Crippen LogP contribution is -2.07. The summed E-state index contributed by atoms with van der Waals surface area (Å²) < 4.78 is 5.85. The Morgan fingerprint density at radius 3 is 2.29 bits per heavy atom. The van der Waals surface area contributed by atoms with Crippen LogP contribution < -0.4 is 10.1 Å². The average molecular weight is 383 g/mol. The van der Waals surface area contributed by atoms with E-state index in [0.717, 1.165) is 24.0 Å². The SMILES string of the molecule is CCCCCCCCOc1ccc(-c2ccc(C(=O)O)cc2)c(NC(C)=O)c1. The molecule has 0 atom stereocenters. The number of ether oxygens (including phenoxy) is 1. The van der Waals surface area contributed by atoms with Crippen molar-refractivity contribution in [3.8, 4) is 16.9 Å². The number of unbranched alkanes of at least 4 members (excludes halogenated alkanes) is 5. The Kier molecular flexibility index (Phi) is 8.53. The van der Waals surface area contributed by atoms with Crippen LogP contribution in [0.15, 0.2) is 42.5 Å². The Morgan fingerprint density at radius 2 is 1.64 bits per heavy atom. The first-order chi connectivity index (χ1) is 13.5. The van der Waals surface area contributed by atoms with Crippen molar-refractivity contribution < 1.29 is 19.4 Å². The lowest BCUT2D eigenvalue weighted by atomic mass is 10.0. The van der Waals surface area contributed by atoms with Crippen LogP contribution in [0.5, 0.6) is 5.75 Å². The second kappa shape index (κ2) is 11.1. The van der Waals surface area contributed by atoms with E-state index in [2.05, 4.69) is 12.2 Å². The first-order valence-electron chi connectivity index (χ1n) is 9.89. The van der Waals surface area contributed by atoms with Crippen molar-refractivity contribution in [3.05, 3.63) is 48.0 Å². The number of carboxylic acid groups (broad SMARTS) is 1. The van der Waals surface area contributed by atoms with Crippen LogP contribution >= 0.6 is 0 Å². The Hall–Kier alpha value is -2.82. The molecule has 0 unspecified atom stereocenters. The maximum absolute atomic E-state index is 11.6. The van der Waals surface area contributed by atoms with E-state index in [1.54, 1.807) is 24.3 Å². The van der Waals surface area contributed by atoms with Crippen molar-refractivity contribution in [2.24, 2.45) is 0 Å². The zero-order chi connectivity index (χ0) is 20.4. The number of benzene rings is 2. The van der Waals surface area contributed by atoms with Crippen LogP contribution in [0.3, 0.4) is 0 Å². The van der Waals surface area contributed by atoms with Crippen molar-refractivity contribution in [1.82, 2.24) is 0 Å². The summed E-state index contributed by atoms with van der Waals surface area (Å²) in [6, 6.07) is 12.2. The number of carboxylic acids is 1. The minimum absolute atomic E-state index is 0.170. The number of hydrogen-bond acceptors (Lipinski definition) is 3. The van der Waals surface area contributed by atoms with Gasteiger partial charge in [0.1, 0.15) is 5.75 Å². The van der Waals surface area contributed by atoms with Gasteiger partial charge in [-0.3, -0.25) is 4.79 Å². The molecule has 0 fully saturated rings. The maximum atomic E-state index is 11.6. The molecule has 0 aliphatic heterocycles. The normalized spacial score (nSPS) is 10.5. The van der Waals surface area contributed by atoms with Gasteiger partial charge in [0.2, 0.25) is 5.91 Å². The number of hydrogen-bond donors (Lipinski definition) is 2.